The Morgan fingerprint density at radius 3 is 2.65 bits per heavy atom. The van der Waals surface area contributed by atoms with Crippen LogP contribution in [0.2, 0.25) is 0 Å². The molecule has 0 atom stereocenters. The Hall–Kier alpha value is -2.02. The smallest absolute Gasteiger partial charge is 0.277 e. The zero-order valence-electron chi connectivity index (χ0n) is 9.14. The van der Waals surface area contributed by atoms with Crippen LogP contribution in [0.3, 0.4) is 0 Å². The van der Waals surface area contributed by atoms with E-state index in [-0.39, 0.29) is 5.03 Å². The van der Waals surface area contributed by atoms with Crippen LogP contribution in [0, 0.1) is 0 Å². The van der Waals surface area contributed by atoms with Gasteiger partial charge in [0.2, 0.25) is 0 Å². The van der Waals surface area contributed by atoms with Crippen molar-refractivity contribution >= 4 is 21.5 Å². The summed E-state index contributed by atoms with van der Waals surface area (Å²) < 4.78 is 26.1. The van der Waals surface area contributed by atoms with Crippen LogP contribution in [0.5, 0.6) is 0 Å². The van der Waals surface area contributed by atoms with Crippen LogP contribution in [0.1, 0.15) is 0 Å². The second-order valence-electron chi connectivity index (χ2n) is 3.32. The number of nitrogens with one attached hydrogen (secondary N) is 3. The van der Waals surface area contributed by atoms with E-state index in [1.807, 2.05) is 0 Å². The largest absolute Gasteiger partial charge is 0.373 e. The highest BCUT2D eigenvalue weighted by Crippen LogP contribution is 2.14. The van der Waals surface area contributed by atoms with Gasteiger partial charge in [-0.2, -0.15) is 8.42 Å². The maximum absolute atomic E-state index is 11.8. The van der Waals surface area contributed by atoms with Crippen molar-refractivity contribution in [2.75, 3.05) is 17.1 Å². The van der Waals surface area contributed by atoms with Gasteiger partial charge >= 0.3 is 0 Å². The summed E-state index contributed by atoms with van der Waals surface area (Å²) in [6, 6.07) is 6.43. The van der Waals surface area contributed by atoms with Crippen LogP contribution < -0.4 is 10.0 Å². The van der Waals surface area contributed by atoms with Crippen molar-refractivity contribution in [1.29, 1.82) is 0 Å². The van der Waals surface area contributed by atoms with Crippen LogP contribution in [0.15, 0.2) is 41.7 Å². The van der Waals surface area contributed by atoms with Crippen molar-refractivity contribution in [2.24, 2.45) is 0 Å². The standard InChI is InChI=1S/C10H12N4O2S/c1-11-9-5-4-8(7-13-9)14-17(15,16)10-3-2-6-12-10/h2-7,12,14H,1H3,(H,11,13). The predicted molar refractivity (Wildman–Crippen MR) is 65.4 cm³/mol. The molecule has 0 aliphatic rings. The fourth-order valence-electron chi connectivity index (χ4n) is 1.29. The molecule has 0 saturated carbocycles. The summed E-state index contributed by atoms with van der Waals surface area (Å²) in [4.78, 5) is 6.65. The molecule has 90 valence electrons. The number of hydrogen-bond donors (Lipinski definition) is 3. The Kier molecular flexibility index (Phi) is 3.01. The molecule has 3 N–H and O–H groups in total. The molecule has 2 heterocycles. The third kappa shape index (κ3) is 2.56. The fourth-order valence-corrected chi connectivity index (χ4v) is 2.32. The molecule has 0 saturated heterocycles. The monoisotopic (exact) mass is 252 g/mol. The second-order valence-corrected chi connectivity index (χ2v) is 4.97. The van der Waals surface area contributed by atoms with E-state index in [9.17, 15) is 8.42 Å². The normalized spacial score (nSPS) is 11.1. The first-order chi connectivity index (χ1) is 8.12. The number of pyridine rings is 1. The number of anilines is 2. The lowest BCUT2D eigenvalue weighted by atomic mass is 10.4. The number of hydrogen-bond acceptors (Lipinski definition) is 4. The summed E-state index contributed by atoms with van der Waals surface area (Å²) in [5, 5.41) is 2.97. The number of aromatic amines is 1. The van der Waals surface area contributed by atoms with Gasteiger partial charge in [0.1, 0.15) is 5.82 Å². The van der Waals surface area contributed by atoms with Crippen LogP contribution in [0.4, 0.5) is 11.5 Å². The molecule has 2 aromatic rings. The molecule has 6 nitrogen and oxygen atoms in total. The Bertz CT molecular complexity index is 575. The summed E-state index contributed by atoms with van der Waals surface area (Å²) in [7, 11) is -1.81. The Morgan fingerprint density at radius 1 is 1.29 bits per heavy atom. The number of H-pyrrole nitrogens is 1. The molecule has 0 radical (unpaired) electrons. The maximum Gasteiger partial charge on any atom is 0.277 e. The van der Waals surface area contributed by atoms with E-state index in [2.05, 4.69) is 20.0 Å². The maximum atomic E-state index is 11.8. The molecule has 0 fully saturated rings. The van der Waals surface area contributed by atoms with E-state index in [1.54, 1.807) is 31.4 Å². The highest BCUT2D eigenvalue weighted by Gasteiger charge is 2.14. The van der Waals surface area contributed by atoms with Crippen molar-refractivity contribution in [1.82, 2.24) is 9.97 Å². The first-order valence-corrected chi connectivity index (χ1v) is 6.40. The van der Waals surface area contributed by atoms with E-state index in [4.69, 9.17) is 0 Å². The van der Waals surface area contributed by atoms with Gasteiger partial charge in [0.15, 0.2) is 5.03 Å². The van der Waals surface area contributed by atoms with E-state index < -0.39 is 10.0 Å². The van der Waals surface area contributed by atoms with Gasteiger partial charge in [-0.3, -0.25) is 4.72 Å². The molecule has 0 spiro atoms. The highest BCUT2D eigenvalue weighted by molar-refractivity contribution is 7.92. The van der Waals surface area contributed by atoms with E-state index >= 15 is 0 Å². The van der Waals surface area contributed by atoms with Crippen molar-refractivity contribution in [3.8, 4) is 0 Å². The van der Waals surface area contributed by atoms with E-state index in [0.717, 1.165) is 0 Å². The predicted octanol–water partition coefficient (Wildman–Crippen LogP) is 1.25. The minimum Gasteiger partial charge on any atom is -0.373 e. The average molecular weight is 252 g/mol. The second kappa shape index (κ2) is 4.46. The van der Waals surface area contributed by atoms with Gasteiger partial charge in [0.25, 0.3) is 10.0 Å². The third-order valence-corrected chi connectivity index (χ3v) is 3.47. The first kappa shape index (κ1) is 11.5. The van der Waals surface area contributed by atoms with Gasteiger partial charge in [-0.25, -0.2) is 4.98 Å². The molecule has 0 unspecified atom stereocenters. The van der Waals surface area contributed by atoms with Gasteiger partial charge < -0.3 is 10.3 Å². The molecule has 0 bridgehead atoms. The van der Waals surface area contributed by atoms with Gasteiger partial charge in [-0.15, -0.1) is 0 Å². The number of rotatable bonds is 4. The summed E-state index contributed by atoms with van der Waals surface area (Å²) >= 11 is 0. The Morgan fingerprint density at radius 2 is 2.12 bits per heavy atom. The summed E-state index contributed by atoms with van der Waals surface area (Å²) in [5.74, 6) is 0.674. The minimum atomic E-state index is -3.56. The SMILES string of the molecule is CNc1ccc(NS(=O)(=O)c2ccc[nH]2)cn1. The number of nitrogens with zero attached hydrogens (tertiary/aromatic N) is 1. The van der Waals surface area contributed by atoms with E-state index in [0.29, 0.717) is 11.5 Å². The van der Waals surface area contributed by atoms with Gasteiger partial charge in [-0.05, 0) is 24.3 Å². The fraction of sp³-hybridized carbons (Fsp3) is 0.100. The summed E-state index contributed by atoms with van der Waals surface area (Å²) in [5.41, 5.74) is 0.415. The zero-order chi connectivity index (χ0) is 12.3. The van der Waals surface area contributed by atoms with E-state index in [1.165, 1.54) is 12.3 Å². The summed E-state index contributed by atoms with van der Waals surface area (Å²) in [6.07, 6.45) is 3.00. The van der Waals surface area contributed by atoms with Crippen LogP contribution >= 0.6 is 0 Å². The average Bonchev–Trinajstić information content (AvgIpc) is 2.84. The van der Waals surface area contributed by atoms with Crippen molar-refractivity contribution in [3.05, 3.63) is 36.7 Å². The summed E-state index contributed by atoms with van der Waals surface area (Å²) in [6.45, 7) is 0. The minimum absolute atomic E-state index is 0.121. The molecular weight excluding hydrogens is 240 g/mol. The van der Waals surface area contributed by atoms with Gasteiger partial charge in [-0.1, -0.05) is 0 Å². The Labute approximate surface area is 99.1 Å². The molecule has 0 amide bonds. The van der Waals surface area contributed by atoms with Crippen LogP contribution in [0.25, 0.3) is 0 Å². The van der Waals surface area contributed by atoms with Crippen LogP contribution in [-0.2, 0) is 10.0 Å². The topological polar surface area (TPSA) is 86.9 Å². The van der Waals surface area contributed by atoms with Gasteiger partial charge in [0.05, 0.1) is 11.9 Å². The van der Waals surface area contributed by atoms with Crippen molar-refractivity contribution in [3.63, 3.8) is 0 Å². The highest BCUT2D eigenvalue weighted by atomic mass is 32.2. The third-order valence-electron chi connectivity index (χ3n) is 2.13. The van der Waals surface area contributed by atoms with Crippen molar-refractivity contribution < 1.29 is 8.42 Å². The molecule has 2 rings (SSSR count). The lowest BCUT2D eigenvalue weighted by Gasteiger charge is -2.06. The number of sulfonamides is 1. The number of aromatic nitrogens is 2. The van der Waals surface area contributed by atoms with Crippen LogP contribution in [-0.4, -0.2) is 25.4 Å². The Balaban J connectivity index is 2.21. The first-order valence-electron chi connectivity index (χ1n) is 4.92. The lowest BCUT2D eigenvalue weighted by Crippen LogP contribution is -2.13. The molecular formula is C10H12N4O2S. The molecule has 17 heavy (non-hydrogen) atoms. The van der Waals surface area contributed by atoms with Gasteiger partial charge in [0, 0.05) is 13.2 Å². The molecule has 7 heteroatoms. The van der Waals surface area contributed by atoms with Crippen molar-refractivity contribution in [2.45, 2.75) is 5.03 Å². The molecule has 0 aliphatic carbocycles. The zero-order valence-corrected chi connectivity index (χ0v) is 9.95. The molecule has 2 aromatic heterocycles. The lowest BCUT2D eigenvalue weighted by molar-refractivity contribution is 0.598. The quantitative estimate of drug-likeness (QED) is 0.764. The molecule has 0 aliphatic heterocycles. The molecule has 0 aromatic carbocycles.